The van der Waals surface area contributed by atoms with Gasteiger partial charge >= 0.3 is 0 Å². The van der Waals surface area contributed by atoms with Gasteiger partial charge in [-0.25, -0.2) is 8.42 Å². The molecular formula is C12H24N2O3S. The number of carbonyl (C=O) groups is 1. The van der Waals surface area contributed by atoms with Gasteiger partial charge in [0, 0.05) is 25.0 Å². The maximum absolute atomic E-state index is 11.5. The zero-order valence-corrected chi connectivity index (χ0v) is 12.1. The first-order chi connectivity index (χ1) is 8.43. The van der Waals surface area contributed by atoms with E-state index in [4.69, 9.17) is 0 Å². The molecule has 106 valence electrons. The summed E-state index contributed by atoms with van der Waals surface area (Å²) in [4.78, 5) is 11.5. The van der Waals surface area contributed by atoms with Gasteiger partial charge in [-0.2, -0.15) is 0 Å². The summed E-state index contributed by atoms with van der Waals surface area (Å²) in [7, 11) is -2.87. The molecule has 2 atom stereocenters. The fourth-order valence-electron chi connectivity index (χ4n) is 2.02. The maximum atomic E-state index is 11.5. The first-order valence-corrected chi connectivity index (χ1v) is 8.48. The molecule has 2 N–H and O–H groups in total. The third-order valence-electron chi connectivity index (χ3n) is 3.27. The predicted octanol–water partition coefficient (Wildman–Crippen LogP) is 0.458. The molecule has 0 aromatic heterocycles. The van der Waals surface area contributed by atoms with Crippen LogP contribution in [-0.2, 0) is 14.6 Å². The molecule has 6 heteroatoms. The lowest BCUT2D eigenvalue weighted by molar-refractivity contribution is -0.121. The molecule has 0 bridgehead atoms. The highest BCUT2D eigenvalue weighted by molar-refractivity contribution is 7.91. The van der Waals surface area contributed by atoms with Crippen LogP contribution in [0.15, 0.2) is 0 Å². The molecule has 0 spiro atoms. The number of carbonyl (C=O) groups excluding carboxylic acids is 1. The van der Waals surface area contributed by atoms with Gasteiger partial charge in [0.2, 0.25) is 5.91 Å². The van der Waals surface area contributed by atoms with Gasteiger partial charge < -0.3 is 10.6 Å². The molecule has 18 heavy (non-hydrogen) atoms. The van der Waals surface area contributed by atoms with Crippen molar-refractivity contribution in [3.63, 3.8) is 0 Å². The number of amides is 1. The number of hydrogen-bond acceptors (Lipinski definition) is 4. The molecule has 1 aliphatic heterocycles. The van der Waals surface area contributed by atoms with Crippen molar-refractivity contribution in [1.29, 1.82) is 0 Å². The van der Waals surface area contributed by atoms with Gasteiger partial charge in [0.25, 0.3) is 0 Å². The summed E-state index contributed by atoms with van der Waals surface area (Å²) in [6, 6.07) is 0.215. The normalized spacial score (nSPS) is 24.4. The number of sulfone groups is 1. The summed E-state index contributed by atoms with van der Waals surface area (Å²) in [6.07, 6.45) is 2.92. The molecule has 2 unspecified atom stereocenters. The van der Waals surface area contributed by atoms with E-state index < -0.39 is 9.84 Å². The Labute approximate surface area is 110 Å². The van der Waals surface area contributed by atoms with Gasteiger partial charge in [-0.05, 0) is 26.2 Å². The van der Waals surface area contributed by atoms with Crippen LogP contribution >= 0.6 is 0 Å². The largest absolute Gasteiger partial charge is 0.354 e. The van der Waals surface area contributed by atoms with Crippen LogP contribution in [0.25, 0.3) is 0 Å². The van der Waals surface area contributed by atoms with Crippen molar-refractivity contribution in [3.8, 4) is 0 Å². The number of hydrogen-bond donors (Lipinski definition) is 2. The van der Waals surface area contributed by atoms with Gasteiger partial charge in [-0.3, -0.25) is 4.79 Å². The van der Waals surface area contributed by atoms with Crippen molar-refractivity contribution < 1.29 is 13.2 Å². The Hall–Kier alpha value is -0.620. The van der Waals surface area contributed by atoms with E-state index >= 15 is 0 Å². The van der Waals surface area contributed by atoms with E-state index in [1.54, 1.807) is 0 Å². The highest BCUT2D eigenvalue weighted by Crippen LogP contribution is 2.11. The van der Waals surface area contributed by atoms with Crippen molar-refractivity contribution in [1.82, 2.24) is 10.6 Å². The lowest BCUT2D eigenvalue weighted by Gasteiger charge is -2.23. The minimum absolute atomic E-state index is 0.0140. The number of rotatable bonds is 6. The lowest BCUT2D eigenvalue weighted by atomic mass is 10.2. The van der Waals surface area contributed by atoms with Gasteiger partial charge in [0.05, 0.1) is 11.5 Å². The van der Waals surface area contributed by atoms with Crippen LogP contribution in [0.4, 0.5) is 0 Å². The predicted molar refractivity (Wildman–Crippen MR) is 72.2 cm³/mol. The van der Waals surface area contributed by atoms with E-state index in [0.717, 1.165) is 19.3 Å². The molecule has 0 aromatic rings. The molecule has 1 heterocycles. The molecule has 1 aliphatic rings. The molecular weight excluding hydrogens is 252 g/mol. The molecule has 1 amide bonds. The zero-order chi connectivity index (χ0) is 13.6. The first-order valence-electron chi connectivity index (χ1n) is 6.66. The fraction of sp³-hybridized carbons (Fsp3) is 0.917. The summed E-state index contributed by atoms with van der Waals surface area (Å²) in [5.41, 5.74) is 0. The van der Waals surface area contributed by atoms with E-state index in [9.17, 15) is 13.2 Å². The van der Waals surface area contributed by atoms with Crippen molar-refractivity contribution in [3.05, 3.63) is 0 Å². The molecule has 5 nitrogen and oxygen atoms in total. The summed E-state index contributed by atoms with van der Waals surface area (Å²) in [5, 5.41) is 6.05. The second-order valence-corrected chi connectivity index (χ2v) is 7.26. The van der Waals surface area contributed by atoms with Gasteiger partial charge in [-0.1, -0.05) is 6.92 Å². The number of nitrogens with one attached hydrogen (secondary N) is 2. The zero-order valence-electron chi connectivity index (χ0n) is 11.2. The summed E-state index contributed by atoms with van der Waals surface area (Å²) >= 11 is 0. The summed E-state index contributed by atoms with van der Waals surface area (Å²) < 4.78 is 22.8. The van der Waals surface area contributed by atoms with Crippen molar-refractivity contribution in [2.75, 3.05) is 18.1 Å². The van der Waals surface area contributed by atoms with Gasteiger partial charge in [-0.15, -0.1) is 0 Å². The van der Waals surface area contributed by atoms with Crippen molar-refractivity contribution in [2.45, 2.75) is 51.6 Å². The topological polar surface area (TPSA) is 75.3 Å². The second-order valence-electron chi connectivity index (χ2n) is 5.03. The molecule has 0 aliphatic carbocycles. The van der Waals surface area contributed by atoms with Crippen molar-refractivity contribution >= 4 is 15.7 Å². The molecule has 0 saturated carbocycles. The Balaban J connectivity index is 2.19. The van der Waals surface area contributed by atoms with Gasteiger partial charge in [0.15, 0.2) is 9.84 Å². The van der Waals surface area contributed by atoms with Crippen LogP contribution < -0.4 is 10.6 Å². The average Bonchev–Trinajstić information content (AvgIpc) is 2.27. The van der Waals surface area contributed by atoms with Crippen LogP contribution in [0.2, 0.25) is 0 Å². The second kappa shape index (κ2) is 7.09. The first kappa shape index (κ1) is 15.4. The van der Waals surface area contributed by atoms with Crippen LogP contribution in [0, 0.1) is 0 Å². The van der Waals surface area contributed by atoms with E-state index in [0.29, 0.717) is 18.7 Å². The van der Waals surface area contributed by atoms with E-state index in [2.05, 4.69) is 10.6 Å². The van der Waals surface area contributed by atoms with E-state index in [1.165, 1.54) is 0 Å². The quantitative estimate of drug-likeness (QED) is 0.739. The highest BCUT2D eigenvalue weighted by atomic mass is 32.2. The molecule has 0 radical (unpaired) electrons. The summed E-state index contributed by atoms with van der Waals surface area (Å²) in [5.74, 6) is 0.537. The van der Waals surface area contributed by atoms with Gasteiger partial charge in [0.1, 0.15) is 0 Å². The van der Waals surface area contributed by atoms with Crippen LogP contribution in [0.1, 0.15) is 39.5 Å². The molecule has 1 saturated heterocycles. The average molecular weight is 276 g/mol. The van der Waals surface area contributed by atoms with Crippen LogP contribution in [0.3, 0.4) is 0 Å². The summed E-state index contributed by atoms with van der Waals surface area (Å²) in [6.45, 7) is 4.54. The molecule has 0 aromatic carbocycles. The van der Waals surface area contributed by atoms with Crippen molar-refractivity contribution in [2.24, 2.45) is 0 Å². The van der Waals surface area contributed by atoms with Crippen LogP contribution in [0.5, 0.6) is 0 Å². The molecule has 1 rings (SSSR count). The monoisotopic (exact) mass is 276 g/mol. The third kappa shape index (κ3) is 5.82. The standard InChI is InChI=1S/C12H24N2O3S/c1-3-10(2)14-12(15)6-7-13-11-5-4-8-18(16,17)9-11/h10-11,13H,3-9H2,1-2H3,(H,14,15). The lowest BCUT2D eigenvalue weighted by Crippen LogP contribution is -2.42. The minimum atomic E-state index is -2.87. The smallest absolute Gasteiger partial charge is 0.221 e. The molecule has 1 fully saturated rings. The van der Waals surface area contributed by atoms with E-state index in [1.807, 2.05) is 13.8 Å². The third-order valence-corrected chi connectivity index (χ3v) is 5.09. The minimum Gasteiger partial charge on any atom is -0.354 e. The van der Waals surface area contributed by atoms with E-state index in [-0.39, 0.29) is 23.7 Å². The Morgan fingerprint density at radius 2 is 2.17 bits per heavy atom. The Morgan fingerprint density at radius 3 is 2.78 bits per heavy atom. The van der Waals surface area contributed by atoms with Crippen LogP contribution in [-0.4, -0.2) is 44.5 Å². The Bertz CT molecular complexity index is 368. The Morgan fingerprint density at radius 1 is 1.44 bits per heavy atom. The fourth-order valence-corrected chi connectivity index (χ4v) is 3.69. The SMILES string of the molecule is CCC(C)NC(=O)CCNC1CCCS(=O)(=O)C1. The Kier molecular flexibility index (Phi) is 6.08. The maximum Gasteiger partial charge on any atom is 0.221 e. The highest BCUT2D eigenvalue weighted by Gasteiger charge is 2.24.